The van der Waals surface area contributed by atoms with Crippen LogP contribution in [-0.2, 0) is 24.3 Å². The molecule has 3 N–H and O–H groups in total. The summed E-state index contributed by atoms with van der Waals surface area (Å²) in [6.07, 6.45) is 0.648. The zero-order chi connectivity index (χ0) is 27.7. The van der Waals surface area contributed by atoms with Gasteiger partial charge in [0.15, 0.2) is 11.5 Å². The molecular formula is C29H37N5O4. The van der Waals surface area contributed by atoms with Gasteiger partial charge in [-0.1, -0.05) is 17.7 Å². The summed E-state index contributed by atoms with van der Waals surface area (Å²) in [6, 6.07) is 8.91. The van der Waals surface area contributed by atoms with Gasteiger partial charge in [-0.2, -0.15) is 0 Å². The summed E-state index contributed by atoms with van der Waals surface area (Å²) in [6.45, 7) is 10.3. The minimum Gasteiger partial charge on any atom is -0.493 e. The summed E-state index contributed by atoms with van der Waals surface area (Å²) in [5.74, 6) is 0.913. The number of fused-ring (bicyclic) bond motifs is 3. The van der Waals surface area contributed by atoms with Crippen LogP contribution in [-0.4, -0.2) is 41.3 Å². The summed E-state index contributed by atoms with van der Waals surface area (Å²) in [5.41, 5.74) is 13.0. The molecule has 1 atom stereocenters. The van der Waals surface area contributed by atoms with Crippen molar-refractivity contribution in [2.75, 3.05) is 14.2 Å². The van der Waals surface area contributed by atoms with Gasteiger partial charge in [0.05, 0.1) is 32.1 Å². The minimum atomic E-state index is -0.914. The lowest BCUT2D eigenvalue weighted by Gasteiger charge is -2.25. The van der Waals surface area contributed by atoms with Crippen LogP contribution >= 0.6 is 0 Å². The smallest absolute Gasteiger partial charge is 0.330 e. The van der Waals surface area contributed by atoms with E-state index in [1.165, 1.54) is 4.57 Å². The first-order valence-electron chi connectivity index (χ1n) is 12.8. The van der Waals surface area contributed by atoms with Gasteiger partial charge in [0.25, 0.3) is 0 Å². The van der Waals surface area contributed by atoms with E-state index in [0.29, 0.717) is 30.0 Å². The highest BCUT2D eigenvalue weighted by molar-refractivity contribution is 5.81. The lowest BCUT2D eigenvalue weighted by atomic mass is 9.97. The van der Waals surface area contributed by atoms with Crippen LogP contribution in [0.4, 0.5) is 5.69 Å². The number of methoxy groups -OCH3 is 2. The van der Waals surface area contributed by atoms with Crippen molar-refractivity contribution >= 4 is 11.6 Å². The minimum absolute atomic E-state index is 0.000747. The summed E-state index contributed by atoms with van der Waals surface area (Å²) in [5, 5.41) is 2.83. The number of aromatic nitrogens is 2. The third kappa shape index (κ3) is 5.24. The molecular weight excluding hydrogens is 482 g/mol. The SMILES string of the molecule is COc1cc2c(cc1OC)-c1cc(=Nc3c(C)cc(C)cc3C)n(CC(N)C(=O)NC(C)C)c(=O)n1CC2. The maximum Gasteiger partial charge on any atom is 0.330 e. The van der Waals surface area contributed by atoms with Gasteiger partial charge >= 0.3 is 5.69 Å². The molecule has 0 fully saturated rings. The molecule has 202 valence electrons. The summed E-state index contributed by atoms with van der Waals surface area (Å²) < 4.78 is 14.3. The number of carbonyl (C=O) groups excluding carboxylic acids is 1. The molecule has 1 aromatic heterocycles. The van der Waals surface area contributed by atoms with E-state index in [1.54, 1.807) is 18.8 Å². The van der Waals surface area contributed by atoms with E-state index in [9.17, 15) is 9.59 Å². The number of hydrogen-bond donors (Lipinski definition) is 2. The van der Waals surface area contributed by atoms with E-state index in [4.69, 9.17) is 20.2 Å². The Labute approximate surface area is 222 Å². The Morgan fingerprint density at radius 1 is 1.05 bits per heavy atom. The molecule has 38 heavy (non-hydrogen) atoms. The molecule has 9 heteroatoms. The van der Waals surface area contributed by atoms with Crippen molar-refractivity contribution in [1.82, 2.24) is 14.5 Å². The molecule has 0 spiro atoms. The number of amides is 1. The van der Waals surface area contributed by atoms with Crippen LogP contribution in [0.15, 0.2) is 40.1 Å². The summed E-state index contributed by atoms with van der Waals surface area (Å²) >= 11 is 0. The van der Waals surface area contributed by atoms with E-state index in [2.05, 4.69) is 17.4 Å². The van der Waals surface area contributed by atoms with Gasteiger partial charge in [-0.05, 0) is 69.9 Å². The molecule has 3 aromatic rings. The molecule has 1 aliphatic heterocycles. The molecule has 0 saturated carbocycles. The van der Waals surface area contributed by atoms with Crippen LogP contribution < -0.4 is 31.7 Å². The van der Waals surface area contributed by atoms with Crippen molar-refractivity contribution < 1.29 is 14.3 Å². The van der Waals surface area contributed by atoms with Crippen molar-refractivity contribution in [3.05, 3.63) is 68.6 Å². The van der Waals surface area contributed by atoms with E-state index in [1.807, 2.05) is 52.8 Å². The Morgan fingerprint density at radius 2 is 1.68 bits per heavy atom. The van der Waals surface area contributed by atoms with E-state index in [0.717, 1.165) is 39.2 Å². The molecule has 0 radical (unpaired) electrons. The Morgan fingerprint density at radius 3 is 2.29 bits per heavy atom. The average Bonchev–Trinajstić information content (AvgIpc) is 2.86. The summed E-state index contributed by atoms with van der Waals surface area (Å²) in [7, 11) is 3.20. The first-order chi connectivity index (χ1) is 18.0. The van der Waals surface area contributed by atoms with Crippen molar-refractivity contribution in [3.63, 3.8) is 0 Å². The lowest BCUT2D eigenvalue weighted by Crippen LogP contribution is -2.51. The van der Waals surface area contributed by atoms with E-state index < -0.39 is 6.04 Å². The van der Waals surface area contributed by atoms with E-state index >= 15 is 0 Å². The quantitative estimate of drug-likeness (QED) is 0.498. The Bertz CT molecular complexity index is 1490. The fraction of sp³-hybridized carbons (Fsp3) is 0.414. The third-order valence-electron chi connectivity index (χ3n) is 6.79. The predicted octanol–water partition coefficient (Wildman–Crippen LogP) is 2.90. The standard InChI is InChI=1S/C29H37N5O4/c1-16(2)31-28(35)22(30)15-34-26(32-27-18(4)10-17(3)11-19(27)5)14-23-21-13-25(38-7)24(37-6)12-20(21)8-9-33(23)29(34)36/h10-14,16,22H,8-9,15,30H2,1-7H3,(H,31,35). The molecule has 0 bridgehead atoms. The van der Waals surface area contributed by atoms with Crippen molar-refractivity contribution in [3.8, 4) is 22.8 Å². The normalized spacial score (nSPS) is 13.7. The van der Waals surface area contributed by atoms with Crippen LogP contribution in [0.5, 0.6) is 11.5 Å². The fourth-order valence-electron chi connectivity index (χ4n) is 5.06. The van der Waals surface area contributed by atoms with Gasteiger partial charge in [-0.25, -0.2) is 9.79 Å². The third-order valence-corrected chi connectivity index (χ3v) is 6.79. The molecule has 2 heterocycles. The fourth-order valence-corrected chi connectivity index (χ4v) is 5.06. The van der Waals surface area contributed by atoms with Crippen LogP contribution in [0.25, 0.3) is 11.3 Å². The number of carbonyl (C=O) groups is 1. The molecule has 9 nitrogen and oxygen atoms in total. The van der Waals surface area contributed by atoms with Crippen LogP contribution in [0.1, 0.15) is 36.1 Å². The van der Waals surface area contributed by atoms with Gasteiger partial charge in [0.2, 0.25) is 5.91 Å². The highest BCUT2D eigenvalue weighted by Crippen LogP contribution is 2.37. The number of aryl methyl sites for hydroxylation is 4. The topological polar surface area (TPSA) is 113 Å². The van der Waals surface area contributed by atoms with Crippen molar-refractivity contribution in [1.29, 1.82) is 0 Å². The largest absolute Gasteiger partial charge is 0.493 e. The monoisotopic (exact) mass is 519 g/mol. The number of rotatable bonds is 7. The van der Waals surface area contributed by atoms with Crippen LogP contribution in [0.2, 0.25) is 0 Å². The first-order valence-corrected chi connectivity index (χ1v) is 12.8. The lowest BCUT2D eigenvalue weighted by molar-refractivity contribution is -0.123. The molecule has 0 aliphatic carbocycles. The highest BCUT2D eigenvalue weighted by atomic mass is 16.5. The number of hydrogen-bond acceptors (Lipinski definition) is 6. The maximum atomic E-state index is 13.9. The number of nitrogens with zero attached hydrogens (tertiary/aromatic N) is 3. The molecule has 1 unspecified atom stereocenters. The molecule has 1 amide bonds. The van der Waals surface area contributed by atoms with Gasteiger partial charge in [-0.3, -0.25) is 13.9 Å². The number of benzene rings is 2. The Balaban J connectivity index is 1.98. The molecule has 0 saturated heterocycles. The van der Waals surface area contributed by atoms with Crippen LogP contribution in [0.3, 0.4) is 0 Å². The van der Waals surface area contributed by atoms with E-state index in [-0.39, 0.29) is 24.2 Å². The second kappa shape index (κ2) is 10.9. The average molecular weight is 520 g/mol. The maximum absolute atomic E-state index is 13.9. The van der Waals surface area contributed by atoms with Crippen LogP contribution in [0, 0.1) is 20.8 Å². The van der Waals surface area contributed by atoms with Crippen molar-refractivity contribution in [2.24, 2.45) is 10.7 Å². The predicted molar refractivity (Wildman–Crippen MR) is 148 cm³/mol. The zero-order valence-electron chi connectivity index (χ0n) is 23.2. The van der Waals surface area contributed by atoms with Gasteiger partial charge in [0.1, 0.15) is 11.5 Å². The highest BCUT2D eigenvalue weighted by Gasteiger charge is 2.24. The summed E-state index contributed by atoms with van der Waals surface area (Å²) in [4.78, 5) is 31.6. The van der Waals surface area contributed by atoms with Gasteiger partial charge < -0.3 is 20.5 Å². The van der Waals surface area contributed by atoms with Crippen molar-refractivity contribution in [2.45, 2.75) is 66.2 Å². The second-order valence-corrected chi connectivity index (χ2v) is 10.2. The Hall–Kier alpha value is -3.85. The van der Waals surface area contributed by atoms with Gasteiger partial charge in [-0.15, -0.1) is 0 Å². The number of nitrogens with one attached hydrogen (secondary N) is 1. The first kappa shape index (κ1) is 27.2. The number of nitrogens with two attached hydrogens (primary N) is 1. The molecule has 1 aliphatic rings. The Kier molecular flexibility index (Phi) is 7.78. The second-order valence-electron chi connectivity index (χ2n) is 10.2. The van der Waals surface area contributed by atoms with Gasteiger partial charge in [0, 0.05) is 24.2 Å². The molecule has 2 aromatic carbocycles. The molecule has 4 rings (SSSR count). The zero-order valence-corrected chi connectivity index (χ0v) is 23.2. The number of ether oxygens (including phenoxy) is 2.